The van der Waals surface area contributed by atoms with Crippen molar-refractivity contribution < 1.29 is 4.74 Å². The summed E-state index contributed by atoms with van der Waals surface area (Å²) in [5, 5.41) is 3.44. The van der Waals surface area contributed by atoms with E-state index in [4.69, 9.17) is 4.74 Å². The third-order valence-corrected chi connectivity index (χ3v) is 3.62. The molecule has 0 spiro atoms. The number of hydrogen-bond acceptors (Lipinski definition) is 3. The zero-order chi connectivity index (χ0) is 15.0. The highest BCUT2D eigenvalue weighted by molar-refractivity contribution is 5.30. The average Bonchev–Trinajstić information content (AvgIpc) is 2.38. The van der Waals surface area contributed by atoms with Gasteiger partial charge in [0, 0.05) is 19.2 Å². The summed E-state index contributed by atoms with van der Waals surface area (Å²) in [7, 11) is 4.20. The Balaban J connectivity index is 2.50. The largest absolute Gasteiger partial charge is 0.380 e. The fourth-order valence-electron chi connectivity index (χ4n) is 2.51. The van der Waals surface area contributed by atoms with Crippen molar-refractivity contribution in [3.63, 3.8) is 0 Å². The fraction of sp³-hybridized carbons (Fsp3) is 0.647. The van der Waals surface area contributed by atoms with Crippen LogP contribution in [0.4, 0.5) is 0 Å². The maximum Gasteiger partial charge on any atom is 0.0593 e. The van der Waals surface area contributed by atoms with E-state index in [9.17, 15) is 0 Å². The first-order chi connectivity index (χ1) is 9.56. The van der Waals surface area contributed by atoms with Gasteiger partial charge in [-0.25, -0.2) is 0 Å². The molecular formula is C17H30N2O. The highest BCUT2D eigenvalue weighted by Gasteiger charge is 2.11. The lowest BCUT2D eigenvalue weighted by Crippen LogP contribution is -2.28. The van der Waals surface area contributed by atoms with Crippen molar-refractivity contribution >= 4 is 0 Å². The van der Waals surface area contributed by atoms with E-state index >= 15 is 0 Å². The van der Waals surface area contributed by atoms with E-state index in [0.717, 1.165) is 32.7 Å². The Labute approximate surface area is 124 Å². The van der Waals surface area contributed by atoms with Gasteiger partial charge >= 0.3 is 0 Å². The van der Waals surface area contributed by atoms with Gasteiger partial charge in [-0.2, -0.15) is 0 Å². The summed E-state index contributed by atoms with van der Waals surface area (Å²) in [5.41, 5.74) is 4.07. The minimum atomic E-state index is 0.420. The van der Waals surface area contributed by atoms with Gasteiger partial charge in [0.1, 0.15) is 0 Å². The van der Waals surface area contributed by atoms with E-state index < -0.39 is 0 Å². The Bertz CT molecular complexity index is 372. The second-order valence-electron chi connectivity index (χ2n) is 5.55. The molecule has 0 saturated carbocycles. The molecule has 20 heavy (non-hydrogen) atoms. The lowest BCUT2D eigenvalue weighted by Gasteiger charge is -2.22. The second-order valence-corrected chi connectivity index (χ2v) is 5.55. The first-order valence-corrected chi connectivity index (χ1v) is 7.58. The standard InChI is InChI=1S/C17H30N2O/c1-6-20-10-9-19(5)8-7-17(18-4)16-12-14(2)11-15(3)13-16/h11-13,17-18H,6-10H2,1-5H3. The molecular weight excluding hydrogens is 248 g/mol. The number of aryl methyl sites for hydroxylation is 2. The molecule has 1 N–H and O–H groups in total. The van der Waals surface area contributed by atoms with Crippen molar-refractivity contribution in [2.24, 2.45) is 0 Å². The Morgan fingerprint density at radius 3 is 2.35 bits per heavy atom. The molecule has 0 saturated heterocycles. The molecule has 0 fully saturated rings. The third-order valence-electron chi connectivity index (χ3n) is 3.62. The van der Waals surface area contributed by atoms with Crippen molar-refractivity contribution in [2.75, 3.05) is 40.4 Å². The smallest absolute Gasteiger partial charge is 0.0593 e. The highest BCUT2D eigenvalue weighted by Crippen LogP contribution is 2.19. The first kappa shape index (κ1) is 17.2. The van der Waals surface area contributed by atoms with Crippen molar-refractivity contribution in [3.8, 4) is 0 Å². The van der Waals surface area contributed by atoms with E-state index in [0.29, 0.717) is 6.04 Å². The van der Waals surface area contributed by atoms with Crippen LogP contribution in [0.5, 0.6) is 0 Å². The van der Waals surface area contributed by atoms with Crippen molar-refractivity contribution in [3.05, 3.63) is 34.9 Å². The normalized spacial score (nSPS) is 12.9. The van der Waals surface area contributed by atoms with Crippen LogP contribution in [0.25, 0.3) is 0 Å². The van der Waals surface area contributed by atoms with Gasteiger partial charge in [-0.3, -0.25) is 0 Å². The second kappa shape index (κ2) is 9.11. The molecule has 0 amide bonds. The number of hydrogen-bond donors (Lipinski definition) is 1. The van der Waals surface area contributed by atoms with E-state index in [1.54, 1.807) is 0 Å². The van der Waals surface area contributed by atoms with Gasteiger partial charge in [0.2, 0.25) is 0 Å². The minimum absolute atomic E-state index is 0.420. The van der Waals surface area contributed by atoms with Crippen LogP contribution in [-0.4, -0.2) is 45.3 Å². The summed E-state index contributed by atoms with van der Waals surface area (Å²) < 4.78 is 5.40. The molecule has 1 unspecified atom stereocenters. The number of rotatable bonds is 9. The topological polar surface area (TPSA) is 24.5 Å². The van der Waals surface area contributed by atoms with Gasteiger partial charge in [0.15, 0.2) is 0 Å². The number of benzene rings is 1. The van der Waals surface area contributed by atoms with Crippen LogP contribution in [0.3, 0.4) is 0 Å². The van der Waals surface area contributed by atoms with Crippen LogP contribution < -0.4 is 5.32 Å². The molecule has 1 rings (SSSR count). The molecule has 1 aromatic carbocycles. The third kappa shape index (κ3) is 6.04. The van der Waals surface area contributed by atoms with E-state index in [-0.39, 0.29) is 0 Å². The van der Waals surface area contributed by atoms with E-state index in [1.807, 2.05) is 14.0 Å². The van der Waals surface area contributed by atoms with Crippen LogP contribution in [0.15, 0.2) is 18.2 Å². The monoisotopic (exact) mass is 278 g/mol. The van der Waals surface area contributed by atoms with Gasteiger partial charge < -0.3 is 15.0 Å². The van der Waals surface area contributed by atoms with Gasteiger partial charge in [0.25, 0.3) is 0 Å². The number of ether oxygens (including phenoxy) is 1. The SMILES string of the molecule is CCOCCN(C)CCC(NC)c1cc(C)cc(C)c1. The van der Waals surface area contributed by atoms with Crippen LogP contribution >= 0.6 is 0 Å². The molecule has 0 radical (unpaired) electrons. The molecule has 0 bridgehead atoms. The molecule has 3 nitrogen and oxygen atoms in total. The maximum atomic E-state index is 5.40. The number of nitrogens with zero attached hydrogens (tertiary/aromatic N) is 1. The number of likely N-dealkylation sites (N-methyl/N-ethyl adjacent to an activating group) is 1. The summed E-state index contributed by atoms with van der Waals surface area (Å²) in [6, 6.07) is 7.22. The Morgan fingerprint density at radius 2 is 1.80 bits per heavy atom. The molecule has 3 heteroatoms. The van der Waals surface area contributed by atoms with Crippen molar-refractivity contribution in [1.29, 1.82) is 0 Å². The summed E-state index contributed by atoms with van der Waals surface area (Å²) in [4.78, 5) is 2.34. The molecule has 1 aromatic rings. The Morgan fingerprint density at radius 1 is 1.15 bits per heavy atom. The first-order valence-electron chi connectivity index (χ1n) is 7.58. The van der Waals surface area contributed by atoms with Gasteiger partial charge in [-0.05, 0) is 53.4 Å². The summed E-state index contributed by atoms with van der Waals surface area (Å²) in [5.74, 6) is 0. The van der Waals surface area contributed by atoms with E-state index in [1.165, 1.54) is 16.7 Å². The molecule has 0 aliphatic heterocycles. The molecule has 0 aromatic heterocycles. The predicted octanol–water partition coefficient (Wildman–Crippen LogP) is 2.92. The Hall–Kier alpha value is -0.900. The molecule has 114 valence electrons. The lowest BCUT2D eigenvalue weighted by atomic mass is 9.99. The van der Waals surface area contributed by atoms with Crippen molar-refractivity contribution in [2.45, 2.75) is 33.2 Å². The molecule has 0 heterocycles. The number of nitrogens with one attached hydrogen (secondary N) is 1. The van der Waals surface area contributed by atoms with E-state index in [2.05, 4.69) is 49.3 Å². The lowest BCUT2D eigenvalue weighted by molar-refractivity contribution is 0.121. The molecule has 0 aliphatic carbocycles. The van der Waals surface area contributed by atoms with Crippen LogP contribution in [-0.2, 0) is 4.74 Å². The van der Waals surface area contributed by atoms with Gasteiger partial charge in [-0.15, -0.1) is 0 Å². The summed E-state index contributed by atoms with van der Waals surface area (Å²) >= 11 is 0. The minimum Gasteiger partial charge on any atom is -0.380 e. The van der Waals surface area contributed by atoms with Gasteiger partial charge in [0.05, 0.1) is 6.61 Å². The summed E-state index contributed by atoms with van der Waals surface area (Å²) in [6.07, 6.45) is 1.11. The van der Waals surface area contributed by atoms with Gasteiger partial charge in [-0.1, -0.05) is 29.3 Å². The predicted molar refractivity (Wildman–Crippen MR) is 86.3 cm³/mol. The maximum absolute atomic E-state index is 5.40. The Kier molecular flexibility index (Phi) is 7.82. The average molecular weight is 278 g/mol. The molecule has 1 atom stereocenters. The zero-order valence-electron chi connectivity index (χ0n) is 13.7. The van der Waals surface area contributed by atoms with Crippen LogP contribution in [0.1, 0.15) is 36.1 Å². The van der Waals surface area contributed by atoms with Crippen molar-refractivity contribution in [1.82, 2.24) is 10.2 Å². The zero-order valence-corrected chi connectivity index (χ0v) is 13.7. The summed E-state index contributed by atoms with van der Waals surface area (Å²) in [6.45, 7) is 10.1. The molecule has 0 aliphatic rings. The highest BCUT2D eigenvalue weighted by atomic mass is 16.5. The van der Waals surface area contributed by atoms with Crippen LogP contribution in [0, 0.1) is 13.8 Å². The fourth-order valence-corrected chi connectivity index (χ4v) is 2.51. The van der Waals surface area contributed by atoms with Crippen LogP contribution in [0.2, 0.25) is 0 Å². The quantitative estimate of drug-likeness (QED) is 0.703.